The highest BCUT2D eigenvalue weighted by Gasteiger charge is 2.21. The van der Waals surface area contributed by atoms with Crippen molar-refractivity contribution < 1.29 is 23.9 Å². The summed E-state index contributed by atoms with van der Waals surface area (Å²) in [6.07, 6.45) is 0.182. The first kappa shape index (κ1) is 22.6. The summed E-state index contributed by atoms with van der Waals surface area (Å²) in [7, 11) is 0. The van der Waals surface area contributed by atoms with Gasteiger partial charge in [0.1, 0.15) is 5.00 Å². The van der Waals surface area contributed by atoms with Crippen LogP contribution in [0.4, 0.5) is 5.00 Å². The van der Waals surface area contributed by atoms with Gasteiger partial charge in [-0.15, -0.1) is 11.3 Å². The molecule has 0 aliphatic carbocycles. The number of amides is 1. The number of nitrogens with one attached hydrogen (secondary N) is 1. The van der Waals surface area contributed by atoms with Crippen molar-refractivity contribution in [2.24, 2.45) is 0 Å². The maximum Gasteiger partial charge on any atom is 0.341 e. The van der Waals surface area contributed by atoms with Crippen LogP contribution in [0.25, 0.3) is 0 Å². The summed E-state index contributed by atoms with van der Waals surface area (Å²) in [4.78, 5) is 37.4. The number of ether oxygens (including phenoxy) is 2. The molecule has 0 saturated heterocycles. The van der Waals surface area contributed by atoms with Crippen LogP contribution in [0, 0.1) is 0 Å². The number of esters is 2. The predicted octanol–water partition coefficient (Wildman–Crippen LogP) is 4.72. The van der Waals surface area contributed by atoms with Crippen LogP contribution in [-0.4, -0.2) is 31.1 Å². The summed E-state index contributed by atoms with van der Waals surface area (Å²) < 4.78 is 10.2. The second-order valence-corrected chi connectivity index (χ2v) is 8.08. The van der Waals surface area contributed by atoms with E-state index >= 15 is 0 Å². The van der Waals surface area contributed by atoms with Gasteiger partial charge in [0.2, 0.25) is 0 Å². The molecule has 0 fully saturated rings. The number of hydrogen-bond acceptors (Lipinski definition) is 6. The molecule has 6 nitrogen and oxygen atoms in total. The molecule has 2 rings (SSSR count). The third kappa shape index (κ3) is 6.71. The molecule has 1 atom stereocenters. The first-order valence-electron chi connectivity index (χ1n) is 9.63. The number of benzene rings is 1. The Morgan fingerprint density at radius 2 is 1.76 bits per heavy atom. The van der Waals surface area contributed by atoms with E-state index in [1.54, 1.807) is 13.0 Å². The maximum absolute atomic E-state index is 12.3. The molecule has 0 aliphatic heterocycles. The lowest BCUT2D eigenvalue weighted by Crippen LogP contribution is -2.22. The van der Waals surface area contributed by atoms with Crippen LogP contribution in [0.2, 0.25) is 0 Å². The summed E-state index contributed by atoms with van der Waals surface area (Å²) in [5.74, 6) is -1.23. The van der Waals surface area contributed by atoms with Crippen molar-refractivity contribution in [2.75, 3.05) is 18.5 Å². The van der Waals surface area contributed by atoms with Crippen LogP contribution < -0.4 is 5.32 Å². The van der Waals surface area contributed by atoms with Crippen molar-refractivity contribution in [3.63, 3.8) is 0 Å². The minimum absolute atomic E-state index is 0.00641. The monoisotopic (exact) mass is 417 g/mol. The number of hydrogen-bond donors (Lipinski definition) is 1. The van der Waals surface area contributed by atoms with E-state index in [0.717, 1.165) is 10.4 Å². The Bertz CT molecular complexity index is 844. The molecule has 0 unspecified atom stereocenters. The smallest absolute Gasteiger partial charge is 0.341 e. The molecule has 1 heterocycles. The molecule has 0 spiro atoms. The van der Waals surface area contributed by atoms with Crippen LogP contribution in [-0.2, 0) is 19.1 Å². The molecular weight excluding hydrogens is 390 g/mol. The summed E-state index contributed by atoms with van der Waals surface area (Å²) in [5.41, 5.74) is 1.35. The van der Waals surface area contributed by atoms with E-state index in [0.29, 0.717) is 10.6 Å². The van der Waals surface area contributed by atoms with E-state index in [4.69, 9.17) is 9.47 Å². The molecule has 0 saturated carbocycles. The van der Waals surface area contributed by atoms with Crippen molar-refractivity contribution in [2.45, 2.75) is 46.0 Å². The minimum Gasteiger partial charge on any atom is -0.462 e. The average Bonchev–Trinajstić information content (AvgIpc) is 3.11. The van der Waals surface area contributed by atoms with E-state index < -0.39 is 24.5 Å². The Morgan fingerprint density at radius 3 is 2.38 bits per heavy atom. The average molecular weight is 418 g/mol. The second-order valence-electron chi connectivity index (χ2n) is 6.99. The fraction of sp³-hybridized carbons (Fsp3) is 0.409. The summed E-state index contributed by atoms with van der Waals surface area (Å²) in [6, 6.07) is 11.4. The fourth-order valence-electron chi connectivity index (χ4n) is 2.67. The van der Waals surface area contributed by atoms with Gasteiger partial charge >= 0.3 is 11.9 Å². The van der Waals surface area contributed by atoms with Crippen LogP contribution in [0.5, 0.6) is 0 Å². The number of thiophene rings is 1. The third-order valence-electron chi connectivity index (χ3n) is 4.27. The quantitative estimate of drug-likeness (QED) is 0.597. The van der Waals surface area contributed by atoms with Crippen molar-refractivity contribution in [3.8, 4) is 0 Å². The molecule has 1 aromatic carbocycles. The van der Waals surface area contributed by atoms with Gasteiger partial charge < -0.3 is 14.8 Å². The van der Waals surface area contributed by atoms with Crippen molar-refractivity contribution >= 4 is 34.2 Å². The highest BCUT2D eigenvalue weighted by molar-refractivity contribution is 7.16. The summed E-state index contributed by atoms with van der Waals surface area (Å²) in [6.45, 7) is 7.50. The first-order chi connectivity index (χ1) is 13.8. The molecule has 156 valence electrons. The zero-order chi connectivity index (χ0) is 21.4. The van der Waals surface area contributed by atoms with Crippen LogP contribution >= 0.6 is 11.3 Å². The molecular formula is C22H27NO5S. The van der Waals surface area contributed by atoms with Crippen molar-refractivity contribution in [3.05, 3.63) is 52.4 Å². The number of carbonyl (C=O) groups excluding carboxylic acids is 3. The molecule has 0 aliphatic rings. The summed E-state index contributed by atoms with van der Waals surface area (Å²) >= 11 is 1.32. The highest BCUT2D eigenvalue weighted by Crippen LogP contribution is 2.33. The lowest BCUT2D eigenvalue weighted by atomic mass is 9.98. The van der Waals surface area contributed by atoms with E-state index in [1.807, 2.05) is 51.1 Å². The van der Waals surface area contributed by atoms with Gasteiger partial charge in [0, 0.05) is 4.88 Å². The van der Waals surface area contributed by atoms with Gasteiger partial charge in [0.25, 0.3) is 5.91 Å². The molecule has 7 heteroatoms. The standard InChI is InChI=1S/C22H27NO5S/c1-5-27-22(26)17-12-18(14(2)3)29-21(17)23-19(24)13-28-20(25)11-15(4)16-9-7-6-8-10-16/h6-10,12,14-15H,5,11,13H2,1-4H3,(H,23,24)/t15-/m0/s1. The first-order valence-corrected chi connectivity index (χ1v) is 10.4. The van der Waals surface area contributed by atoms with Gasteiger partial charge in [-0.1, -0.05) is 51.1 Å². The predicted molar refractivity (Wildman–Crippen MR) is 113 cm³/mol. The zero-order valence-corrected chi connectivity index (χ0v) is 18.0. The highest BCUT2D eigenvalue weighted by atomic mass is 32.1. The van der Waals surface area contributed by atoms with Gasteiger partial charge in [-0.2, -0.15) is 0 Å². The van der Waals surface area contributed by atoms with Gasteiger partial charge in [0.05, 0.1) is 18.6 Å². The van der Waals surface area contributed by atoms with Gasteiger partial charge in [-0.3, -0.25) is 9.59 Å². The molecule has 0 radical (unpaired) electrons. The number of rotatable bonds is 9. The molecule has 0 bridgehead atoms. The minimum atomic E-state index is -0.492. The van der Waals surface area contributed by atoms with Gasteiger partial charge in [-0.05, 0) is 30.4 Å². The van der Waals surface area contributed by atoms with Crippen LogP contribution in [0.1, 0.15) is 66.8 Å². The van der Waals surface area contributed by atoms with Crippen LogP contribution in [0.3, 0.4) is 0 Å². The van der Waals surface area contributed by atoms with E-state index in [2.05, 4.69) is 5.32 Å². The Labute approximate surface area is 175 Å². The van der Waals surface area contributed by atoms with E-state index in [9.17, 15) is 14.4 Å². The van der Waals surface area contributed by atoms with Crippen LogP contribution in [0.15, 0.2) is 36.4 Å². The third-order valence-corrected chi connectivity index (χ3v) is 5.63. The molecule has 1 N–H and O–H groups in total. The topological polar surface area (TPSA) is 81.7 Å². The fourth-order valence-corrected chi connectivity index (χ4v) is 3.73. The number of carbonyl (C=O) groups is 3. The van der Waals surface area contributed by atoms with Crippen molar-refractivity contribution in [1.82, 2.24) is 0 Å². The van der Waals surface area contributed by atoms with Crippen molar-refractivity contribution in [1.29, 1.82) is 0 Å². The molecule has 29 heavy (non-hydrogen) atoms. The largest absolute Gasteiger partial charge is 0.462 e. The Hall–Kier alpha value is -2.67. The molecule has 1 amide bonds. The molecule has 1 aromatic heterocycles. The van der Waals surface area contributed by atoms with E-state index in [-0.39, 0.29) is 24.9 Å². The Balaban J connectivity index is 1.93. The molecule has 2 aromatic rings. The normalized spacial score (nSPS) is 11.8. The SMILES string of the molecule is CCOC(=O)c1cc(C(C)C)sc1NC(=O)COC(=O)C[C@H](C)c1ccccc1. The van der Waals surface area contributed by atoms with E-state index in [1.165, 1.54) is 11.3 Å². The maximum atomic E-state index is 12.3. The Kier molecular flexibility index (Phi) is 8.39. The zero-order valence-electron chi connectivity index (χ0n) is 17.2. The van der Waals surface area contributed by atoms with Gasteiger partial charge in [0.15, 0.2) is 6.61 Å². The summed E-state index contributed by atoms with van der Waals surface area (Å²) in [5, 5.41) is 3.08. The lowest BCUT2D eigenvalue weighted by molar-refractivity contribution is -0.147. The van der Waals surface area contributed by atoms with Gasteiger partial charge in [-0.25, -0.2) is 4.79 Å². The number of anilines is 1. The second kappa shape index (κ2) is 10.8. The lowest BCUT2D eigenvalue weighted by Gasteiger charge is -2.11. The Morgan fingerprint density at radius 1 is 1.07 bits per heavy atom.